The lowest BCUT2D eigenvalue weighted by Gasteiger charge is -2.37. The number of esters is 1. The summed E-state index contributed by atoms with van der Waals surface area (Å²) in [5.74, 6) is 0.225. The van der Waals surface area contributed by atoms with Crippen LogP contribution in [-0.2, 0) is 28.6 Å². The Morgan fingerprint density at radius 3 is 2.25 bits per heavy atom. The molecule has 0 aromatic carbocycles. The van der Waals surface area contributed by atoms with Gasteiger partial charge in [0.05, 0.1) is 18.5 Å². The zero-order valence-electron chi connectivity index (χ0n) is 14.3. The second kappa shape index (κ2) is 5.05. The first kappa shape index (κ1) is 16.5. The maximum absolute atomic E-state index is 12.7. The summed E-state index contributed by atoms with van der Waals surface area (Å²) in [5, 5.41) is 0. The molecule has 0 aromatic rings. The first-order valence-corrected chi connectivity index (χ1v) is 10.3. The van der Waals surface area contributed by atoms with Gasteiger partial charge in [-0.15, -0.1) is 0 Å². The summed E-state index contributed by atoms with van der Waals surface area (Å²) in [4.78, 5) is 12.7. The SMILES string of the molecule is CC(C)(C)OC(=O)C1C(OS(C)(=O)=O)C2OC1C1C3C=CC(C3)C21. The predicted octanol–water partition coefficient (Wildman–Crippen LogP) is 1.51. The Kier molecular flexibility index (Phi) is 3.48. The van der Waals surface area contributed by atoms with Gasteiger partial charge in [0.15, 0.2) is 0 Å². The van der Waals surface area contributed by atoms with E-state index in [9.17, 15) is 13.2 Å². The van der Waals surface area contributed by atoms with Crippen LogP contribution in [0.3, 0.4) is 0 Å². The van der Waals surface area contributed by atoms with Crippen molar-refractivity contribution in [3.05, 3.63) is 12.2 Å². The molecule has 3 fully saturated rings. The molecule has 7 heteroatoms. The zero-order valence-corrected chi connectivity index (χ0v) is 15.2. The van der Waals surface area contributed by atoms with E-state index in [0.29, 0.717) is 11.8 Å². The topological polar surface area (TPSA) is 78.9 Å². The van der Waals surface area contributed by atoms with Gasteiger partial charge in [-0.3, -0.25) is 8.98 Å². The number of hydrogen-bond donors (Lipinski definition) is 0. The molecule has 2 aliphatic heterocycles. The zero-order chi connectivity index (χ0) is 17.4. The van der Waals surface area contributed by atoms with Crippen LogP contribution in [0.2, 0.25) is 0 Å². The smallest absolute Gasteiger partial charge is 0.314 e. The molecule has 0 aromatic heterocycles. The number of carbonyl (C=O) groups is 1. The average molecular weight is 356 g/mol. The van der Waals surface area contributed by atoms with Gasteiger partial charge in [-0.2, -0.15) is 8.42 Å². The lowest BCUT2D eigenvalue weighted by molar-refractivity contribution is -0.165. The number of ether oxygens (including phenoxy) is 2. The van der Waals surface area contributed by atoms with E-state index in [0.717, 1.165) is 12.7 Å². The van der Waals surface area contributed by atoms with Crippen molar-refractivity contribution < 1.29 is 26.9 Å². The summed E-state index contributed by atoms with van der Waals surface area (Å²) in [6, 6.07) is 0. The molecule has 2 saturated heterocycles. The minimum atomic E-state index is -3.69. The fraction of sp³-hybridized carbons (Fsp3) is 0.824. The van der Waals surface area contributed by atoms with Crippen molar-refractivity contribution in [1.82, 2.24) is 0 Å². The lowest BCUT2D eigenvalue weighted by atomic mass is 9.68. The third kappa shape index (κ3) is 2.52. The van der Waals surface area contributed by atoms with E-state index >= 15 is 0 Å². The van der Waals surface area contributed by atoms with Gasteiger partial charge in [0, 0.05) is 0 Å². The van der Waals surface area contributed by atoms with Gasteiger partial charge in [0.2, 0.25) is 0 Å². The highest BCUT2D eigenvalue weighted by molar-refractivity contribution is 7.86. The van der Waals surface area contributed by atoms with E-state index in [4.69, 9.17) is 13.7 Å². The molecule has 4 bridgehead atoms. The van der Waals surface area contributed by atoms with E-state index in [2.05, 4.69) is 12.2 Å². The first-order chi connectivity index (χ1) is 11.1. The maximum atomic E-state index is 12.7. The van der Waals surface area contributed by atoms with E-state index in [1.165, 1.54) is 0 Å². The molecule has 8 atom stereocenters. The van der Waals surface area contributed by atoms with Crippen molar-refractivity contribution in [2.75, 3.05) is 6.26 Å². The number of allylic oxidation sites excluding steroid dienone is 2. The largest absolute Gasteiger partial charge is 0.460 e. The molecule has 2 aliphatic carbocycles. The van der Waals surface area contributed by atoms with Gasteiger partial charge in [0.1, 0.15) is 17.6 Å². The van der Waals surface area contributed by atoms with Crippen LogP contribution < -0.4 is 0 Å². The molecule has 0 spiro atoms. The molecule has 0 radical (unpaired) electrons. The second-order valence-corrected chi connectivity index (χ2v) is 10.1. The molecule has 24 heavy (non-hydrogen) atoms. The highest BCUT2D eigenvalue weighted by Crippen LogP contribution is 2.62. The van der Waals surface area contributed by atoms with Gasteiger partial charge < -0.3 is 9.47 Å². The maximum Gasteiger partial charge on any atom is 0.314 e. The van der Waals surface area contributed by atoms with Crippen LogP contribution in [0.5, 0.6) is 0 Å². The van der Waals surface area contributed by atoms with Crippen molar-refractivity contribution in [3.63, 3.8) is 0 Å². The van der Waals surface area contributed by atoms with E-state index in [1.54, 1.807) is 20.8 Å². The van der Waals surface area contributed by atoms with E-state index in [1.807, 2.05) is 0 Å². The van der Waals surface area contributed by atoms with E-state index < -0.39 is 33.7 Å². The minimum absolute atomic E-state index is 0.246. The van der Waals surface area contributed by atoms with Gasteiger partial charge in [-0.25, -0.2) is 0 Å². The Balaban J connectivity index is 1.66. The molecule has 0 N–H and O–H groups in total. The Morgan fingerprint density at radius 1 is 1.12 bits per heavy atom. The lowest BCUT2D eigenvalue weighted by Crippen LogP contribution is -2.50. The summed E-state index contributed by atoms with van der Waals surface area (Å²) in [7, 11) is -3.69. The molecule has 4 aliphatic rings. The molecular formula is C17H24O6S. The molecule has 0 amide bonds. The average Bonchev–Trinajstić information content (AvgIpc) is 3.11. The number of carbonyl (C=O) groups excluding carboxylic acids is 1. The summed E-state index contributed by atoms with van der Waals surface area (Å²) < 4.78 is 40.4. The third-order valence-corrected chi connectivity index (χ3v) is 6.22. The van der Waals surface area contributed by atoms with Crippen LogP contribution in [0.1, 0.15) is 27.2 Å². The van der Waals surface area contributed by atoms with Crippen LogP contribution in [0, 0.1) is 29.6 Å². The fourth-order valence-corrected chi connectivity index (χ4v) is 5.79. The quantitative estimate of drug-likeness (QED) is 0.433. The minimum Gasteiger partial charge on any atom is -0.460 e. The Hall–Kier alpha value is -0.920. The van der Waals surface area contributed by atoms with Gasteiger partial charge >= 0.3 is 5.97 Å². The Bertz CT molecular complexity index is 690. The molecule has 1 saturated carbocycles. The first-order valence-electron chi connectivity index (χ1n) is 8.50. The van der Waals surface area contributed by atoms with E-state index in [-0.39, 0.29) is 24.0 Å². The summed E-state index contributed by atoms with van der Waals surface area (Å²) in [5.41, 5.74) is -0.636. The van der Waals surface area contributed by atoms with Crippen LogP contribution in [-0.4, -0.2) is 44.6 Å². The van der Waals surface area contributed by atoms with Gasteiger partial charge in [-0.1, -0.05) is 12.2 Å². The van der Waals surface area contributed by atoms with Crippen molar-refractivity contribution >= 4 is 16.1 Å². The van der Waals surface area contributed by atoms with Crippen LogP contribution in [0.15, 0.2) is 12.2 Å². The van der Waals surface area contributed by atoms with Crippen LogP contribution >= 0.6 is 0 Å². The van der Waals surface area contributed by atoms with Crippen LogP contribution in [0.4, 0.5) is 0 Å². The number of fused-ring (bicyclic) bond motifs is 9. The van der Waals surface area contributed by atoms with Crippen molar-refractivity contribution in [2.24, 2.45) is 29.6 Å². The molecular weight excluding hydrogens is 332 g/mol. The molecule has 134 valence electrons. The van der Waals surface area contributed by atoms with Crippen molar-refractivity contribution in [2.45, 2.75) is 51.1 Å². The molecule has 8 unspecified atom stereocenters. The second-order valence-electron chi connectivity index (χ2n) is 8.49. The van der Waals surface area contributed by atoms with Crippen molar-refractivity contribution in [1.29, 1.82) is 0 Å². The van der Waals surface area contributed by atoms with Crippen molar-refractivity contribution in [3.8, 4) is 0 Å². The normalized spacial score (nSPS) is 45.7. The summed E-state index contributed by atoms with van der Waals surface area (Å²) in [6.07, 6.45) is 5.05. The van der Waals surface area contributed by atoms with Gasteiger partial charge in [0.25, 0.3) is 10.1 Å². The Morgan fingerprint density at radius 2 is 1.71 bits per heavy atom. The number of rotatable bonds is 3. The highest BCUT2D eigenvalue weighted by atomic mass is 32.2. The molecule has 2 heterocycles. The van der Waals surface area contributed by atoms with Gasteiger partial charge in [-0.05, 0) is 50.9 Å². The highest BCUT2D eigenvalue weighted by Gasteiger charge is 2.69. The predicted molar refractivity (Wildman–Crippen MR) is 85.4 cm³/mol. The molecule has 6 nitrogen and oxygen atoms in total. The molecule has 4 rings (SSSR count). The monoisotopic (exact) mass is 356 g/mol. The summed E-state index contributed by atoms with van der Waals surface area (Å²) in [6.45, 7) is 5.40. The number of hydrogen-bond acceptors (Lipinski definition) is 6. The fourth-order valence-electron chi connectivity index (χ4n) is 5.15. The summed E-state index contributed by atoms with van der Waals surface area (Å²) >= 11 is 0. The van der Waals surface area contributed by atoms with Crippen LogP contribution in [0.25, 0.3) is 0 Å². The Labute approximate surface area is 142 Å². The standard InChI is InChI=1S/C17H24O6S/c1-17(2,3)22-16(18)12-13-10-8-5-6-9(7-8)11(10)14(21-13)15(12)23-24(4,19)20/h5-6,8-15H,7H2,1-4H3. The third-order valence-electron chi connectivity index (χ3n) is 5.65.